The van der Waals surface area contributed by atoms with Gasteiger partial charge in [-0.25, -0.2) is 0 Å². The molecule has 0 N–H and O–H groups in total. The van der Waals surface area contributed by atoms with Crippen molar-refractivity contribution in [3.63, 3.8) is 0 Å². The van der Waals surface area contributed by atoms with E-state index in [1.165, 1.54) is 5.56 Å². The number of benzene rings is 7. The Labute approximate surface area is 344 Å². The highest BCUT2D eigenvalue weighted by Gasteiger charge is 2.27. The van der Waals surface area contributed by atoms with Gasteiger partial charge in [-0.15, -0.1) is 0 Å². The van der Waals surface area contributed by atoms with E-state index in [0.29, 0.717) is 28.4 Å². The Morgan fingerprint density at radius 2 is 1.03 bits per heavy atom. The molecule has 0 saturated carbocycles. The fourth-order valence-corrected chi connectivity index (χ4v) is 9.57. The molecule has 1 aliphatic rings. The molecular weight excluding hydrogens is 735 g/mol. The zero-order valence-electron chi connectivity index (χ0n) is 32.3. The van der Waals surface area contributed by atoms with Crippen LogP contribution in [0.5, 0.6) is 0 Å². The average molecular weight is 766 g/mol. The van der Waals surface area contributed by atoms with Gasteiger partial charge in [0.05, 0.1) is 61.2 Å². The highest BCUT2D eigenvalue weighted by molar-refractivity contribution is 6.19. The van der Waals surface area contributed by atoms with Gasteiger partial charge in [0.25, 0.3) is 0 Å². The van der Waals surface area contributed by atoms with Crippen molar-refractivity contribution in [2.45, 2.75) is 13.3 Å². The van der Waals surface area contributed by atoms with Gasteiger partial charge in [-0.05, 0) is 84.6 Å². The fourth-order valence-electron chi connectivity index (χ4n) is 9.57. The van der Waals surface area contributed by atoms with Crippen LogP contribution in [0.15, 0.2) is 146 Å². The first-order valence-electron chi connectivity index (χ1n) is 19.8. The Balaban J connectivity index is 1.20. The third-order valence-corrected chi connectivity index (χ3v) is 12.2. The lowest BCUT2D eigenvalue weighted by atomic mass is 9.91. The number of nitriles is 4. The summed E-state index contributed by atoms with van der Waals surface area (Å²) >= 11 is 0. The van der Waals surface area contributed by atoms with Crippen LogP contribution in [0.3, 0.4) is 0 Å². The van der Waals surface area contributed by atoms with Gasteiger partial charge in [-0.1, -0.05) is 91.9 Å². The molecule has 0 spiro atoms. The summed E-state index contributed by atoms with van der Waals surface area (Å²) in [6.45, 7) is 2.19. The normalized spacial score (nSPS) is 13.4. The third kappa shape index (κ3) is 4.85. The van der Waals surface area contributed by atoms with E-state index in [1.807, 2.05) is 54.6 Å². The molecule has 0 aliphatic heterocycles. The minimum Gasteiger partial charge on any atom is -0.309 e. The number of allylic oxidation sites excluding steroid dienone is 1. The van der Waals surface area contributed by atoms with E-state index in [9.17, 15) is 21.0 Å². The molecule has 1 atom stereocenters. The number of hydrogen-bond donors (Lipinski definition) is 0. The zero-order chi connectivity index (χ0) is 40.6. The molecule has 7 heteroatoms. The van der Waals surface area contributed by atoms with Crippen LogP contribution in [0, 0.1) is 51.2 Å². The van der Waals surface area contributed by atoms with Crippen molar-refractivity contribution >= 4 is 60.6 Å². The van der Waals surface area contributed by atoms with Crippen LogP contribution in [0.1, 0.15) is 40.4 Å². The monoisotopic (exact) mass is 765 g/mol. The summed E-state index contributed by atoms with van der Waals surface area (Å²) < 4.78 is 6.53. The van der Waals surface area contributed by atoms with E-state index in [0.717, 1.165) is 72.3 Å². The van der Waals surface area contributed by atoms with E-state index >= 15 is 0 Å². The number of rotatable bonds is 4. The summed E-state index contributed by atoms with van der Waals surface area (Å²) in [4.78, 5) is 0. The quantitative estimate of drug-likeness (QED) is 0.178. The predicted molar refractivity (Wildman–Crippen MR) is 238 cm³/mol. The molecule has 7 aromatic carbocycles. The molecule has 278 valence electrons. The third-order valence-electron chi connectivity index (χ3n) is 12.2. The first-order valence-corrected chi connectivity index (χ1v) is 19.8. The van der Waals surface area contributed by atoms with Gasteiger partial charge in [0.2, 0.25) is 0 Å². The van der Waals surface area contributed by atoms with Crippen LogP contribution >= 0.6 is 0 Å². The van der Waals surface area contributed by atoms with Crippen LogP contribution in [0.25, 0.3) is 88.8 Å². The molecule has 0 radical (unpaired) electrons. The molecule has 60 heavy (non-hydrogen) atoms. The van der Waals surface area contributed by atoms with E-state index in [2.05, 4.69) is 130 Å². The van der Waals surface area contributed by atoms with Crippen LogP contribution in [-0.4, -0.2) is 13.7 Å². The summed E-state index contributed by atoms with van der Waals surface area (Å²) in [7, 11) is 0. The standard InChI is InChI=1S/C53H31N7/c1-32-19-21-49-40(23-32)37-13-6-9-17-47(37)59(49)51-25-34(29-55)33(28-54)24-41(51)36-20-22-50(45(31-57)44(36)30-56)60-48-18-10-7-15-39(48)43-26-52-42(27-53(43)60)38-14-5-8-16-46(38)58(52)35-11-3-2-4-12-35/h2-22,24-27,32H,23H2,1H3. The Kier molecular flexibility index (Phi) is 7.63. The van der Waals surface area contributed by atoms with Crippen LogP contribution in [0.2, 0.25) is 0 Å². The number of hydrogen-bond acceptors (Lipinski definition) is 4. The van der Waals surface area contributed by atoms with E-state index < -0.39 is 0 Å². The van der Waals surface area contributed by atoms with Gasteiger partial charge in [-0.2, -0.15) is 21.0 Å². The molecule has 1 aliphatic carbocycles. The zero-order valence-corrected chi connectivity index (χ0v) is 32.3. The van der Waals surface area contributed by atoms with Crippen molar-refractivity contribution in [1.82, 2.24) is 13.7 Å². The maximum Gasteiger partial charge on any atom is 0.103 e. The largest absolute Gasteiger partial charge is 0.309 e. The number of para-hydroxylation sites is 4. The SMILES string of the molecule is CC1C=Cc2c(c3ccccc3n2-c2cc(C#N)c(C#N)cc2-c2ccc(-n3c4ccccc4c4cc5c(cc43)c3ccccc3n5-c3ccccc3)c(C#N)c2C#N)C1. The minimum absolute atomic E-state index is 0.187. The molecule has 3 aromatic heterocycles. The molecule has 0 fully saturated rings. The molecule has 0 amide bonds. The minimum atomic E-state index is 0.187. The highest BCUT2D eigenvalue weighted by Crippen LogP contribution is 2.44. The molecule has 10 aromatic rings. The second-order valence-corrected chi connectivity index (χ2v) is 15.4. The topological polar surface area (TPSA) is 110 Å². The van der Waals surface area contributed by atoms with Crippen molar-refractivity contribution in [3.05, 3.63) is 179 Å². The lowest BCUT2D eigenvalue weighted by molar-refractivity contribution is 0.718. The second kappa shape index (κ2) is 13.2. The van der Waals surface area contributed by atoms with Crippen molar-refractivity contribution < 1.29 is 0 Å². The van der Waals surface area contributed by atoms with E-state index in [4.69, 9.17) is 0 Å². The Bertz CT molecular complexity index is 3700. The van der Waals surface area contributed by atoms with Crippen LogP contribution in [-0.2, 0) is 6.42 Å². The van der Waals surface area contributed by atoms with Gasteiger partial charge in [0, 0.05) is 49.4 Å². The van der Waals surface area contributed by atoms with Gasteiger partial charge < -0.3 is 13.7 Å². The van der Waals surface area contributed by atoms with Crippen LogP contribution < -0.4 is 0 Å². The number of fused-ring (bicyclic) bond motifs is 9. The number of aromatic nitrogens is 3. The molecule has 0 saturated heterocycles. The average Bonchev–Trinajstić information content (AvgIpc) is 3.92. The van der Waals surface area contributed by atoms with Crippen LogP contribution in [0.4, 0.5) is 0 Å². The first-order chi connectivity index (χ1) is 29.5. The maximum absolute atomic E-state index is 11.1. The van der Waals surface area contributed by atoms with Crippen molar-refractivity contribution in [3.8, 4) is 52.5 Å². The molecule has 11 rings (SSSR count). The fraction of sp³-hybridized carbons (Fsp3) is 0.0566. The Hall–Kier alpha value is -8.62. The lowest BCUT2D eigenvalue weighted by Crippen LogP contribution is -2.08. The highest BCUT2D eigenvalue weighted by atomic mass is 15.0. The van der Waals surface area contributed by atoms with Gasteiger partial charge in [-0.3, -0.25) is 0 Å². The van der Waals surface area contributed by atoms with Gasteiger partial charge in [0.15, 0.2) is 0 Å². The maximum atomic E-state index is 11.1. The summed E-state index contributed by atoms with van der Waals surface area (Å²) in [5.41, 5.74) is 11.3. The van der Waals surface area contributed by atoms with Gasteiger partial charge in [0.1, 0.15) is 24.3 Å². The molecule has 0 bridgehead atoms. The van der Waals surface area contributed by atoms with Crippen molar-refractivity contribution in [2.75, 3.05) is 0 Å². The summed E-state index contributed by atoms with van der Waals surface area (Å²) in [5.74, 6) is 0.349. The first kappa shape index (κ1) is 34.6. The van der Waals surface area contributed by atoms with E-state index in [1.54, 1.807) is 12.1 Å². The Morgan fingerprint density at radius 3 is 1.68 bits per heavy atom. The van der Waals surface area contributed by atoms with E-state index in [-0.39, 0.29) is 22.3 Å². The molecule has 3 heterocycles. The van der Waals surface area contributed by atoms with Crippen molar-refractivity contribution in [2.24, 2.45) is 5.92 Å². The molecule has 7 nitrogen and oxygen atoms in total. The summed E-state index contributed by atoms with van der Waals surface area (Å²) in [6.07, 6.45) is 5.17. The second-order valence-electron chi connectivity index (χ2n) is 15.4. The lowest BCUT2D eigenvalue weighted by Gasteiger charge is -2.20. The summed E-state index contributed by atoms with van der Waals surface area (Å²) in [6, 6.07) is 56.1. The smallest absolute Gasteiger partial charge is 0.103 e. The van der Waals surface area contributed by atoms with Gasteiger partial charge >= 0.3 is 0 Å². The molecular formula is C53H31N7. The molecule has 1 unspecified atom stereocenters. The number of nitrogens with zero attached hydrogens (tertiary/aromatic N) is 7. The predicted octanol–water partition coefficient (Wildman–Crippen LogP) is 12.2. The Morgan fingerprint density at radius 1 is 0.467 bits per heavy atom. The summed E-state index contributed by atoms with van der Waals surface area (Å²) in [5, 5.41) is 48.1. The van der Waals surface area contributed by atoms with Crippen molar-refractivity contribution in [1.29, 1.82) is 21.0 Å².